The van der Waals surface area contributed by atoms with E-state index in [2.05, 4.69) is 41.7 Å². The fourth-order valence-corrected chi connectivity index (χ4v) is 2.00. The molecule has 0 bridgehead atoms. The zero-order valence-electron chi connectivity index (χ0n) is 13.2. The van der Waals surface area contributed by atoms with Crippen LogP contribution in [-0.4, -0.2) is 50.5 Å². The summed E-state index contributed by atoms with van der Waals surface area (Å²) in [7, 11) is -4.94. The molecule has 22 heavy (non-hydrogen) atoms. The van der Waals surface area contributed by atoms with Gasteiger partial charge in [0.15, 0.2) is 0 Å². The zero-order valence-corrected chi connectivity index (χ0v) is 15.0. The molecule has 0 aliphatic carbocycles. The van der Waals surface area contributed by atoms with Crippen LogP contribution in [0.1, 0.15) is 27.2 Å². The van der Waals surface area contributed by atoms with Crippen LogP contribution < -0.4 is 34.6 Å². The Balaban J connectivity index is 0. The van der Waals surface area contributed by atoms with Gasteiger partial charge in [0.2, 0.25) is 0 Å². The van der Waals surface area contributed by atoms with Crippen LogP contribution in [0.15, 0.2) is 4.99 Å². The molecule has 0 fully saturated rings. The fourth-order valence-electron chi connectivity index (χ4n) is 2.00. The SMILES string of the molecule is CC1=NCCNCCNCCNC(C)(C)C1.[Ni+2].[O-][Cl+3]([O-])([O-])[O-]. The van der Waals surface area contributed by atoms with Crippen LogP contribution in [0.25, 0.3) is 0 Å². The molecule has 0 saturated carbocycles. The molecule has 0 spiro atoms. The summed E-state index contributed by atoms with van der Waals surface area (Å²) >= 11 is 0. The van der Waals surface area contributed by atoms with E-state index in [4.69, 9.17) is 18.6 Å². The molecule has 1 rings (SSSR count). The number of aliphatic imine (C=N–C) groups is 1. The molecule has 3 N–H and O–H groups in total. The molecule has 1 aliphatic rings. The van der Waals surface area contributed by atoms with E-state index in [1.165, 1.54) is 5.71 Å². The maximum absolute atomic E-state index is 8.49. The van der Waals surface area contributed by atoms with Gasteiger partial charge in [-0.1, -0.05) is 0 Å². The summed E-state index contributed by atoms with van der Waals surface area (Å²) in [5.41, 5.74) is 1.39. The first kappa shape index (κ1) is 24.4. The molecule has 0 amide bonds. The van der Waals surface area contributed by atoms with Gasteiger partial charge in [0.25, 0.3) is 0 Å². The minimum atomic E-state index is -4.94. The third kappa shape index (κ3) is 20.2. The van der Waals surface area contributed by atoms with Gasteiger partial charge in [-0.25, -0.2) is 18.6 Å². The normalized spacial score (nSPS) is 20.8. The van der Waals surface area contributed by atoms with Crippen molar-refractivity contribution in [3.8, 4) is 0 Å². The molecule has 0 radical (unpaired) electrons. The van der Waals surface area contributed by atoms with Crippen LogP contribution in [0.5, 0.6) is 0 Å². The molecule has 0 atom stereocenters. The van der Waals surface area contributed by atoms with Crippen molar-refractivity contribution in [2.75, 3.05) is 39.3 Å². The van der Waals surface area contributed by atoms with E-state index in [1.807, 2.05) is 0 Å². The molecule has 1 aliphatic heterocycles. The van der Waals surface area contributed by atoms with Gasteiger partial charge in [-0.3, -0.25) is 4.99 Å². The Morgan fingerprint density at radius 2 is 1.41 bits per heavy atom. The van der Waals surface area contributed by atoms with Crippen LogP contribution in [-0.2, 0) is 16.5 Å². The van der Waals surface area contributed by atoms with E-state index in [1.54, 1.807) is 0 Å². The van der Waals surface area contributed by atoms with Crippen LogP contribution in [0, 0.1) is 10.2 Å². The van der Waals surface area contributed by atoms with Crippen LogP contribution in [0.2, 0.25) is 0 Å². The first-order valence-electron chi connectivity index (χ1n) is 6.88. The third-order valence-electron chi connectivity index (χ3n) is 2.75. The van der Waals surface area contributed by atoms with Crippen LogP contribution in [0.4, 0.5) is 0 Å². The second-order valence-corrected chi connectivity index (χ2v) is 6.24. The maximum Gasteiger partial charge on any atom is 2.00 e. The molecule has 8 nitrogen and oxygen atoms in total. The molecular formula is C12H26ClN4NiO4+. The molecule has 0 saturated heterocycles. The van der Waals surface area contributed by atoms with Crippen molar-refractivity contribution in [3.05, 3.63) is 0 Å². The van der Waals surface area contributed by atoms with E-state index >= 15 is 0 Å². The van der Waals surface area contributed by atoms with Gasteiger partial charge in [0, 0.05) is 50.4 Å². The number of halogens is 1. The zero-order chi connectivity index (χ0) is 16.4. The Bertz CT molecular complexity index is 308. The maximum atomic E-state index is 8.49. The van der Waals surface area contributed by atoms with Crippen molar-refractivity contribution < 1.29 is 45.4 Å². The number of hydrogen-bond donors (Lipinski definition) is 3. The van der Waals surface area contributed by atoms with Gasteiger partial charge in [0.1, 0.15) is 0 Å². The third-order valence-corrected chi connectivity index (χ3v) is 2.75. The standard InChI is InChI=1S/C12H26N4.ClHO4.Ni/c1-11-10-12(2,3)16-9-7-14-5-4-13-6-8-15-11;2-1(3,4)5;/h13-14,16H,4-10H2,1-3H3;(H,2,3,4,5);/q;;+2/p-1. The van der Waals surface area contributed by atoms with Crippen LogP contribution in [0.3, 0.4) is 0 Å². The Labute approximate surface area is 144 Å². The van der Waals surface area contributed by atoms with E-state index < -0.39 is 10.2 Å². The Morgan fingerprint density at radius 3 is 1.95 bits per heavy atom. The summed E-state index contributed by atoms with van der Waals surface area (Å²) in [5.74, 6) is 0. The van der Waals surface area contributed by atoms with Crippen LogP contribution >= 0.6 is 0 Å². The van der Waals surface area contributed by atoms with Crippen molar-refractivity contribution in [2.24, 2.45) is 4.99 Å². The molecule has 0 aromatic rings. The monoisotopic (exact) mass is 383 g/mol. The number of nitrogens with zero attached hydrogens (tertiary/aromatic N) is 1. The van der Waals surface area contributed by atoms with Gasteiger partial charge < -0.3 is 16.0 Å². The summed E-state index contributed by atoms with van der Waals surface area (Å²) < 4.78 is 34.0. The number of hydrogen-bond acceptors (Lipinski definition) is 8. The van der Waals surface area contributed by atoms with Crippen molar-refractivity contribution in [1.29, 1.82) is 0 Å². The summed E-state index contributed by atoms with van der Waals surface area (Å²) in [6, 6.07) is 0. The molecule has 1 heterocycles. The van der Waals surface area contributed by atoms with E-state index in [-0.39, 0.29) is 22.0 Å². The van der Waals surface area contributed by atoms with Gasteiger partial charge in [-0.2, -0.15) is 0 Å². The first-order valence-corrected chi connectivity index (χ1v) is 8.12. The fraction of sp³-hybridized carbons (Fsp3) is 0.917. The topological polar surface area (TPSA) is 141 Å². The minimum Gasteiger partial charge on any atom is -0.314 e. The Hall–Kier alpha value is 0.174. The average molecular weight is 385 g/mol. The quantitative estimate of drug-likeness (QED) is 0.358. The van der Waals surface area contributed by atoms with Gasteiger partial charge in [-0.15, -0.1) is 10.2 Å². The summed E-state index contributed by atoms with van der Waals surface area (Å²) in [5, 5.41) is 10.3. The number of nitrogens with one attached hydrogen (secondary N) is 3. The predicted molar refractivity (Wildman–Crippen MR) is 70.4 cm³/mol. The summed E-state index contributed by atoms with van der Waals surface area (Å²) in [4.78, 5) is 4.58. The Kier molecular flexibility index (Phi) is 14.0. The summed E-state index contributed by atoms with van der Waals surface area (Å²) in [6.07, 6.45) is 1.02. The van der Waals surface area contributed by atoms with Crippen molar-refractivity contribution in [2.45, 2.75) is 32.7 Å². The minimum absolute atomic E-state index is 0. The molecule has 0 aromatic carbocycles. The van der Waals surface area contributed by atoms with Crippen molar-refractivity contribution in [1.82, 2.24) is 16.0 Å². The van der Waals surface area contributed by atoms with E-state index in [9.17, 15) is 0 Å². The molecule has 0 unspecified atom stereocenters. The molecule has 10 heteroatoms. The first-order chi connectivity index (χ1) is 9.60. The second kappa shape index (κ2) is 12.6. The molecular weight excluding hydrogens is 358 g/mol. The van der Waals surface area contributed by atoms with Gasteiger partial charge >= 0.3 is 16.5 Å². The van der Waals surface area contributed by atoms with Crippen molar-refractivity contribution >= 4 is 5.71 Å². The largest absolute Gasteiger partial charge is 2.00 e. The van der Waals surface area contributed by atoms with Gasteiger partial charge in [-0.05, 0) is 20.8 Å². The second-order valence-electron chi connectivity index (χ2n) is 5.48. The number of rotatable bonds is 0. The van der Waals surface area contributed by atoms with Crippen molar-refractivity contribution in [3.63, 3.8) is 0 Å². The summed E-state index contributed by atoms with van der Waals surface area (Å²) in [6.45, 7) is 12.6. The van der Waals surface area contributed by atoms with Gasteiger partial charge in [0.05, 0.1) is 6.54 Å². The van der Waals surface area contributed by atoms with E-state index in [0.29, 0.717) is 0 Å². The molecule has 134 valence electrons. The van der Waals surface area contributed by atoms with E-state index in [0.717, 1.165) is 45.7 Å². The average Bonchev–Trinajstić information content (AvgIpc) is 2.29. The molecule has 0 aromatic heterocycles. The predicted octanol–water partition coefficient (Wildman–Crippen LogP) is -4.36. The Morgan fingerprint density at radius 1 is 0.955 bits per heavy atom. The smallest absolute Gasteiger partial charge is 0.314 e.